The second-order valence-electron chi connectivity index (χ2n) is 5.85. The van der Waals surface area contributed by atoms with Gasteiger partial charge in [-0.1, -0.05) is 12.1 Å². The summed E-state index contributed by atoms with van der Waals surface area (Å²) in [7, 11) is 1.30. The zero-order valence-electron chi connectivity index (χ0n) is 15.0. The van der Waals surface area contributed by atoms with E-state index >= 15 is 0 Å². The number of hydrogen-bond acceptors (Lipinski definition) is 6. The lowest BCUT2D eigenvalue weighted by molar-refractivity contribution is -0.0512. The Kier molecular flexibility index (Phi) is 5.53. The maximum absolute atomic E-state index is 12.5. The number of hydrogen-bond donors (Lipinski definition) is 0. The van der Waals surface area contributed by atoms with Crippen LogP contribution in [0.15, 0.2) is 47.5 Å². The van der Waals surface area contributed by atoms with Crippen molar-refractivity contribution in [1.82, 2.24) is 9.38 Å². The molecule has 9 heteroatoms. The van der Waals surface area contributed by atoms with Crippen molar-refractivity contribution in [3.05, 3.63) is 69.8 Å². The van der Waals surface area contributed by atoms with Crippen molar-refractivity contribution in [3.63, 3.8) is 0 Å². The molecule has 0 atom stereocenters. The van der Waals surface area contributed by atoms with E-state index in [1.54, 1.807) is 18.3 Å². The van der Waals surface area contributed by atoms with Gasteiger partial charge in [0.05, 0.1) is 7.11 Å². The lowest BCUT2D eigenvalue weighted by atomic mass is 10.2. The number of carbonyl (C=O) groups excluding carboxylic acids is 1. The van der Waals surface area contributed by atoms with E-state index in [1.807, 2.05) is 6.92 Å². The van der Waals surface area contributed by atoms with E-state index in [4.69, 9.17) is 9.47 Å². The molecule has 28 heavy (non-hydrogen) atoms. The molecule has 0 aliphatic heterocycles. The predicted molar refractivity (Wildman–Crippen MR) is 94.9 cm³/mol. The molecule has 0 spiro atoms. The van der Waals surface area contributed by atoms with Crippen molar-refractivity contribution >= 4 is 11.6 Å². The monoisotopic (exact) mass is 390 g/mol. The Bertz CT molecular complexity index is 1080. The Balaban J connectivity index is 1.78. The number of nitrogens with zero attached hydrogens (tertiary/aromatic N) is 2. The molecule has 2 heterocycles. The van der Waals surface area contributed by atoms with Gasteiger partial charge < -0.3 is 14.2 Å². The number of fused-ring (bicyclic) bond motifs is 1. The maximum atomic E-state index is 12.5. The molecule has 0 N–H and O–H groups in total. The van der Waals surface area contributed by atoms with Gasteiger partial charge >= 0.3 is 12.6 Å². The average Bonchev–Trinajstić information content (AvgIpc) is 2.67. The quantitative estimate of drug-likeness (QED) is 0.602. The highest BCUT2D eigenvalue weighted by atomic mass is 19.3. The van der Waals surface area contributed by atoms with Crippen LogP contribution in [0.2, 0.25) is 0 Å². The van der Waals surface area contributed by atoms with Gasteiger partial charge in [0.1, 0.15) is 17.8 Å². The topological polar surface area (TPSA) is 79.1 Å². The molecule has 146 valence electrons. The smallest absolute Gasteiger partial charge is 0.387 e. The van der Waals surface area contributed by atoms with Gasteiger partial charge in [0.2, 0.25) is 0 Å². The summed E-state index contributed by atoms with van der Waals surface area (Å²) in [4.78, 5) is 28.9. The summed E-state index contributed by atoms with van der Waals surface area (Å²) in [5.41, 5.74) is 0.952. The number of esters is 1. The zero-order chi connectivity index (χ0) is 20.3. The molecule has 0 unspecified atom stereocenters. The van der Waals surface area contributed by atoms with Gasteiger partial charge in [-0.05, 0) is 36.2 Å². The highest BCUT2D eigenvalue weighted by Crippen LogP contribution is 2.29. The summed E-state index contributed by atoms with van der Waals surface area (Å²) >= 11 is 0. The fourth-order valence-corrected chi connectivity index (χ4v) is 2.54. The Hall–Kier alpha value is -3.49. The van der Waals surface area contributed by atoms with Crippen molar-refractivity contribution in [2.45, 2.75) is 20.1 Å². The van der Waals surface area contributed by atoms with Crippen molar-refractivity contribution in [1.29, 1.82) is 0 Å². The van der Waals surface area contributed by atoms with Gasteiger partial charge in [-0.2, -0.15) is 8.78 Å². The van der Waals surface area contributed by atoms with Crippen LogP contribution in [0.4, 0.5) is 8.78 Å². The van der Waals surface area contributed by atoms with Crippen molar-refractivity contribution in [2.24, 2.45) is 0 Å². The lowest BCUT2D eigenvalue weighted by Gasteiger charge is -2.11. The van der Waals surface area contributed by atoms with E-state index < -0.39 is 18.1 Å². The van der Waals surface area contributed by atoms with Crippen LogP contribution < -0.4 is 15.0 Å². The van der Waals surface area contributed by atoms with Crippen LogP contribution in [0.25, 0.3) is 5.65 Å². The molecule has 0 aliphatic carbocycles. The van der Waals surface area contributed by atoms with E-state index in [-0.39, 0.29) is 23.7 Å². The Labute approximate surface area is 158 Å². The van der Waals surface area contributed by atoms with Crippen molar-refractivity contribution < 1.29 is 27.8 Å². The van der Waals surface area contributed by atoms with Crippen LogP contribution in [-0.2, 0) is 11.3 Å². The highest BCUT2D eigenvalue weighted by molar-refractivity contribution is 5.88. The Morgan fingerprint density at radius 1 is 1.21 bits per heavy atom. The molecule has 7 nitrogen and oxygen atoms in total. The van der Waals surface area contributed by atoms with E-state index in [9.17, 15) is 18.4 Å². The minimum absolute atomic E-state index is 0.0664. The first kappa shape index (κ1) is 19.3. The Morgan fingerprint density at radius 2 is 2.00 bits per heavy atom. The number of halogens is 2. The highest BCUT2D eigenvalue weighted by Gasteiger charge is 2.16. The minimum atomic E-state index is -2.99. The van der Waals surface area contributed by atoms with Crippen LogP contribution >= 0.6 is 0 Å². The van der Waals surface area contributed by atoms with Gasteiger partial charge in [0.15, 0.2) is 11.5 Å². The number of aromatic nitrogens is 2. The van der Waals surface area contributed by atoms with Crippen molar-refractivity contribution in [2.75, 3.05) is 7.11 Å². The molecule has 0 fully saturated rings. The molecule has 0 bridgehead atoms. The van der Waals surface area contributed by atoms with Crippen LogP contribution in [0.5, 0.6) is 11.5 Å². The number of pyridine rings is 1. The molecule has 1 aromatic carbocycles. The molecule has 0 amide bonds. The first-order valence-electron chi connectivity index (χ1n) is 8.16. The minimum Gasteiger partial charge on any atom is -0.493 e. The summed E-state index contributed by atoms with van der Waals surface area (Å²) in [6.07, 6.45) is 2.74. The molecule has 2 aromatic heterocycles. The van der Waals surface area contributed by atoms with Crippen molar-refractivity contribution in [3.8, 4) is 11.5 Å². The van der Waals surface area contributed by atoms with E-state index in [0.717, 1.165) is 11.8 Å². The molecule has 0 radical (unpaired) electrons. The zero-order valence-corrected chi connectivity index (χ0v) is 15.0. The normalized spacial score (nSPS) is 10.9. The fourth-order valence-electron chi connectivity index (χ4n) is 2.54. The lowest BCUT2D eigenvalue weighted by Crippen LogP contribution is -2.24. The molecule has 3 aromatic rings. The third kappa shape index (κ3) is 4.08. The number of methoxy groups -OCH3 is 1. The standard InChI is InChI=1S/C19H16F2N2O5/c1-11-3-6-16-22-8-13(17(24)23(16)9-11)18(25)27-10-12-4-5-14(28-19(20)21)15(7-12)26-2/h3-9,19H,10H2,1-2H3. The van der Waals surface area contributed by atoms with Crippen LogP contribution in [-0.4, -0.2) is 29.1 Å². The molecule has 0 aliphatic rings. The van der Waals surface area contributed by atoms with Gasteiger partial charge in [-0.15, -0.1) is 0 Å². The summed E-state index contributed by atoms with van der Waals surface area (Å²) in [5, 5.41) is 0. The second kappa shape index (κ2) is 8.03. The largest absolute Gasteiger partial charge is 0.493 e. The summed E-state index contributed by atoms with van der Waals surface area (Å²) in [6.45, 7) is -1.37. The SMILES string of the molecule is COc1cc(COC(=O)c2cnc3ccc(C)cn3c2=O)ccc1OC(F)F. The van der Waals surface area contributed by atoms with Crippen LogP contribution in [0.3, 0.4) is 0 Å². The van der Waals surface area contributed by atoms with Gasteiger partial charge in [0.25, 0.3) is 5.56 Å². The number of rotatable bonds is 6. The molecule has 0 saturated carbocycles. The average molecular weight is 390 g/mol. The third-order valence-electron chi connectivity index (χ3n) is 3.88. The van der Waals surface area contributed by atoms with Gasteiger partial charge in [0, 0.05) is 12.4 Å². The second-order valence-corrected chi connectivity index (χ2v) is 5.85. The molecular formula is C19H16F2N2O5. The number of carbonyl (C=O) groups is 1. The Morgan fingerprint density at radius 3 is 2.71 bits per heavy atom. The third-order valence-corrected chi connectivity index (χ3v) is 3.88. The van der Waals surface area contributed by atoms with Crippen LogP contribution in [0.1, 0.15) is 21.5 Å². The molecular weight excluding hydrogens is 374 g/mol. The summed E-state index contributed by atoms with van der Waals surface area (Å²) in [5.74, 6) is -0.919. The maximum Gasteiger partial charge on any atom is 0.387 e. The number of alkyl halides is 2. The van der Waals surface area contributed by atoms with E-state index in [0.29, 0.717) is 11.2 Å². The van der Waals surface area contributed by atoms with Crippen LogP contribution in [0, 0.1) is 6.92 Å². The first-order valence-corrected chi connectivity index (χ1v) is 8.16. The van der Waals surface area contributed by atoms with Gasteiger partial charge in [-0.25, -0.2) is 9.78 Å². The number of aryl methyl sites for hydroxylation is 1. The fraction of sp³-hybridized carbons (Fsp3) is 0.211. The number of benzene rings is 1. The van der Waals surface area contributed by atoms with E-state index in [1.165, 1.54) is 29.7 Å². The molecule has 0 saturated heterocycles. The summed E-state index contributed by atoms with van der Waals surface area (Å²) < 4.78 is 40.5. The molecule has 3 rings (SSSR count). The first-order chi connectivity index (χ1) is 13.4. The van der Waals surface area contributed by atoms with E-state index in [2.05, 4.69) is 9.72 Å². The summed E-state index contributed by atoms with van der Waals surface area (Å²) in [6, 6.07) is 7.60. The predicted octanol–water partition coefficient (Wildman–Crippen LogP) is 2.97. The number of ether oxygens (including phenoxy) is 3. The van der Waals surface area contributed by atoms with Gasteiger partial charge in [-0.3, -0.25) is 9.20 Å².